The van der Waals surface area contributed by atoms with Crippen LogP contribution in [0.1, 0.15) is 32.1 Å². The van der Waals surface area contributed by atoms with Crippen LogP contribution in [0.3, 0.4) is 0 Å². The summed E-state index contributed by atoms with van der Waals surface area (Å²) >= 11 is 0. The van der Waals surface area contributed by atoms with Crippen LogP contribution in [0.15, 0.2) is 84.9 Å². The van der Waals surface area contributed by atoms with Crippen molar-refractivity contribution in [3.63, 3.8) is 0 Å². The number of rotatable bonds is 0. The molecule has 0 radical (unpaired) electrons. The Labute approximate surface area is 184 Å². The zero-order chi connectivity index (χ0) is 17.3. The van der Waals surface area contributed by atoms with Crippen molar-refractivity contribution in [2.75, 3.05) is 0 Å². The summed E-state index contributed by atoms with van der Waals surface area (Å²) in [4.78, 5) is 0. The van der Waals surface area contributed by atoms with Gasteiger partial charge in [0.15, 0.2) is 0 Å². The van der Waals surface area contributed by atoms with E-state index < -0.39 is 0 Å². The molecule has 0 aromatic heterocycles. The first-order chi connectivity index (χ1) is 12.3. The predicted octanol–water partition coefficient (Wildman–Crippen LogP) is 7.97. The summed E-state index contributed by atoms with van der Waals surface area (Å²) in [7, 11) is 0. The van der Waals surface area contributed by atoms with E-state index in [9.17, 15) is 0 Å². The maximum absolute atomic E-state index is 4.00. The zero-order valence-corrected chi connectivity index (χ0v) is 18.9. The van der Waals surface area contributed by atoms with E-state index in [1.54, 1.807) is 0 Å². The van der Waals surface area contributed by atoms with Crippen LogP contribution < -0.4 is 0 Å². The second-order valence-electron chi connectivity index (χ2n) is 6.79. The quantitative estimate of drug-likeness (QED) is 0.247. The van der Waals surface area contributed by atoms with Crippen LogP contribution in [0.2, 0.25) is 0 Å². The van der Waals surface area contributed by atoms with Crippen molar-refractivity contribution in [1.82, 2.24) is 0 Å². The van der Waals surface area contributed by atoms with Gasteiger partial charge in [-0.3, -0.25) is 0 Å². The molecule has 0 bridgehead atoms. The molecule has 1 fully saturated rings. The maximum atomic E-state index is 4.00. The summed E-state index contributed by atoms with van der Waals surface area (Å²) in [6.45, 7) is 4.00. The smallest absolute Gasteiger partial charge is 0.358 e. The average Bonchev–Trinajstić information content (AvgIpc) is 3.34. The molecule has 0 spiro atoms. The fourth-order valence-corrected chi connectivity index (χ4v) is 3.41. The minimum atomic E-state index is 0. The van der Waals surface area contributed by atoms with Crippen molar-refractivity contribution < 1.29 is 26.2 Å². The minimum absolute atomic E-state index is 0. The van der Waals surface area contributed by atoms with Crippen LogP contribution in [-0.4, -0.2) is 0 Å². The van der Waals surface area contributed by atoms with Gasteiger partial charge in [-0.15, -0.1) is 39.7 Å². The molecule has 0 aliphatic heterocycles. The molecule has 0 saturated heterocycles. The molecule has 0 nitrogen and oxygen atoms in total. The SMILES string of the molecule is [CH2-]C1CCCCC1.[CH3-].[Zr+4].c1cc[cH-]c1.c1ccc2c(c1)[cH-]c1ccccc12. The Bertz CT molecular complexity index is 781. The van der Waals surface area contributed by atoms with Crippen LogP contribution in [0.4, 0.5) is 0 Å². The molecule has 0 unspecified atom stereocenters. The van der Waals surface area contributed by atoms with E-state index in [1.807, 2.05) is 30.3 Å². The van der Waals surface area contributed by atoms with Gasteiger partial charge in [-0.2, -0.15) is 24.1 Å². The van der Waals surface area contributed by atoms with E-state index in [0.717, 1.165) is 5.92 Å². The van der Waals surface area contributed by atoms with Crippen molar-refractivity contribution in [3.05, 3.63) is 99.3 Å². The number of fused-ring (bicyclic) bond motifs is 3. The van der Waals surface area contributed by atoms with E-state index in [4.69, 9.17) is 0 Å². The summed E-state index contributed by atoms with van der Waals surface area (Å²) in [5, 5.41) is 5.39. The van der Waals surface area contributed by atoms with Gasteiger partial charge in [0.05, 0.1) is 0 Å². The second kappa shape index (κ2) is 12.8. The zero-order valence-electron chi connectivity index (χ0n) is 16.4. The standard InChI is InChI=1S/C13H9.C7H13.C5H5.CH3.Zr/c1-3-7-12-10(5-1)9-11-6-2-4-8-13(11)12;1-7-5-3-2-4-6-7;1-2-4-5-3-1;;/h1-9H;7H,1-6H2;1-5H;1H3;/q4*-1;+4. The summed E-state index contributed by atoms with van der Waals surface area (Å²) < 4.78 is 0. The molecule has 138 valence electrons. The van der Waals surface area contributed by atoms with Crippen molar-refractivity contribution in [1.29, 1.82) is 0 Å². The van der Waals surface area contributed by atoms with Crippen molar-refractivity contribution in [2.45, 2.75) is 32.1 Å². The fourth-order valence-electron chi connectivity index (χ4n) is 3.41. The van der Waals surface area contributed by atoms with Gasteiger partial charge >= 0.3 is 26.2 Å². The van der Waals surface area contributed by atoms with Gasteiger partial charge in [0.25, 0.3) is 0 Å². The van der Waals surface area contributed by atoms with Gasteiger partial charge in [-0.05, 0) is 0 Å². The van der Waals surface area contributed by atoms with Gasteiger partial charge in [0.2, 0.25) is 0 Å². The first kappa shape index (κ1) is 23.6. The fraction of sp³-hybridized carbons (Fsp3) is 0.231. The molecule has 1 aliphatic rings. The Balaban J connectivity index is 0.000000223. The molecule has 1 aliphatic carbocycles. The summed E-state index contributed by atoms with van der Waals surface area (Å²) in [6, 6.07) is 29.3. The third kappa shape index (κ3) is 7.23. The summed E-state index contributed by atoms with van der Waals surface area (Å²) in [6.07, 6.45) is 7.05. The van der Waals surface area contributed by atoms with E-state index in [1.165, 1.54) is 53.6 Å². The van der Waals surface area contributed by atoms with E-state index in [0.29, 0.717) is 0 Å². The van der Waals surface area contributed by atoms with Gasteiger partial charge in [-0.1, -0.05) is 68.5 Å². The van der Waals surface area contributed by atoms with Crippen LogP contribution in [-0.2, 0) is 26.2 Å². The first-order valence-corrected chi connectivity index (χ1v) is 9.37. The molecular formula is C26H30Zr. The Morgan fingerprint density at radius 2 is 1.19 bits per heavy atom. The van der Waals surface area contributed by atoms with E-state index in [-0.39, 0.29) is 33.6 Å². The van der Waals surface area contributed by atoms with Crippen LogP contribution >= 0.6 is 0 Å². The third-order valence-corrected chi connectivity index (χ3v) is 4.80. The Kier molecular flexibility index (Phi) is 11.2. The number of hydrogen-bond acceptors (Lipinski definition) is 0. The molecule has 0 N–H and O–H groups in total. The second-order valence-corrected chi connectivity index (χ2v) is 6.79. The van der Waals surface area contributed by atoms with Crippen molar-refractivity contribution >= 4 is 21.5 Å². The molecular weight excluding hydrogens is 404 g/mol. The van der Waals surface area contributed by atoms with Gasteiger partial charge in [-0.25, -0.2) is 12.1 Å². The summed E-state index contributed by atoms with van der Waals surface area (Å²) in [5.74, 6) is 0.786. The van der Waals surface area contributed by atoms with E-state index >= 15 is 0 Å². The van der Waals surface area contributed by atoms with Gasteiger partial charge in [0, 0.05) is 0 Å². The maximum Gasteiger partial charge on any atom is 4.00 e. The molecule has 27 heavy (non-hydrogen) atoms. The molecule has 0 amide bonds. The molecule has 0 heterocycles. The molecule has 4 aromatic carbocycles. The molecule has 1 heteroatoms. The third-order valence-electron chi connectivity index (χ3n) is 4.80. The van der Waals surface area contributed by atoms with Gasteiger partial charge < -0.3 is 14.4 Å². The van der Waals surface area contributed by atoms with Crippen molar-refractivity contribution in [2.24, 2.45) is 5.92 Å². The normalized spacial score (nSPS) is 13.4. The first-order valence-electron chi connectivity index (χ1n) is 9.37. The summed E-state index contributed by atoms with van der Waals surface area (Å²) in [5.41, 5.74) is 0. The Hall–Kier alpha value is -1.46. The Morgan fingerprint density at radius 3 is 1.56 bits per heavy atom. The molecule has 0 atom stereocenters. The van der Waals surface area contributed by atoms with E-state index in [2.05, 4.69) is 61.5 Å². The van der Waals surface area contributed by atoms with Crippen molar-refractivity contribution in [3.8, 4) is 0 Å². The topological polar surface area (TPSA) is 0 Å². The monoisotopic (exact) mass is 432 g/mol. The van der Waals surface area contributed by atoms with Gasteiger partial charge in [0.1, 0.15) is 0 Å². The molecule has 4 aromatic rings. The predicted molar refractivity (Wildman–Crippen MR) is 117 cm³/mol. The minimum Gasteiger partial charge on any atom is -0.358 e. The number of benzene rings is 2. The largest absolute Gasteiger partial charge is 4.00 e. The van der Waals surface area contributed by atoms with Crippen LogP contribution in [0.5, 0.6) is 0 Å². The van der Waals surface area contributed by atoms with Crippen LogP contribution in [0.25, 0.3) is 21.5 Å². The molecule has 1 saturated carbocycles. The number of hydrogen-bond donors (Lipinski definition) is 0. The molecule has 5 rings (SSSR count). The Morgan fingerprint density at radius 1 is 0.704 bits per heavy atom. The van der Waals surface area contributed by atoms with Crippen LogP contribution in [0, 0.1) is 20.3 Å². The average molecular weight is 434 g/mol.